The van der Waals surface area contributed by atoms with E-state index >= 15 is 0 Å². The molecule has 5 heteroatoms. The van der Waals surface area contributed by atoms with Crippen LogP contribution in [0.5, 0.6) is 0 Å². The van der Waals surface area contributed by atoms with E-state index in [9.17, 15) is 9.90 Å². The highest BCUT2D eigenvalue weighted by atomic mass is 32.1. The van der Waals surface area contributed by atoms with E-state index in [-0.39, 0.29) is 5.97 Å². The van der Waals surface area contributed by atoms with Crippen LogP contribution >= 0.6 is 11.3 Å². The molecule has 1 unspecified atom stereocenters. The number of rotatable bonds is 2. The predicted octanol–water partition coefficient (Wildman–Crippen LogP) is 5.12. The van der Waals surface area contributed by atoms with Crippen molar-refractivity contribution in [1.82, 2.24) is 4.57 Å². The van der Waals surface area contributed by atoms with Gasteiger partial charge in [-0.15, -0.1) is 11.3 Å². The maximum Gasteiger partial charge on any atom is 0.337 e. The number of methoxy groups -OCH3 is 1. The van der Waals surface area contributed by atoms with Crippen molar-refractivity contribution in [3.05, 3.63) is 46.3 Å². The zero-order valence-electron chi connectivity index (χ0n) is 16.1. The van der Waals surface area contributed by atoms with Crippen LogP contribution in [-0.4, -0.2) is 28.9 Å². The van der Waals surface area contributed by atoms with Crippen molar-refractivity contribution < 1.29 is 14.6 Å². The Labute approximate surface area is 168 Å². The van der Waals surface area contributed by atoms with Crippen LogP contribution in [0.3, 0.4) is 0 Å². The summed E-state index contributed by atoms with van der Waals surface area (Å²) in [5.74, 6) is 0.226. The number of ether oxygens (including phenoxy) is 1. The minimum atomic E-state index is -0.425. The number of aliphatic hydroxyl groups is 1. The zero-order chi connectivity index (χ0) is 19.3. The third-order valence-electron chi connectivity index (χ3n) is 6.35. The summed E-state index contributed by atoms with van der Waals surface area (Å²) in [6.45, 7) is 0.560. The second kappa shape index (κ2) is 7.05. The van der Waals surface area contributed by atoms with Gasteiger partial charge in [0, 0.05) is 23.9 Å². The number of aromatic nitrogens is 1. The van der Waals surface area contributed by atoms with Gasteiger partial charge in [0.15, 0.2) is 0 Å². The van der Waals surface area contributed by atoms with Gasteiger partial charge in [0.25, 0.3) is 0 Å². The van der Waals surface area contributed by atoms with Crippen molar-refractivity contribution in [3.63, 3.8) is 0 Å². The molecule has 2 aromatic heterocycles. The number of fused-ring (bicyclic) bond motifs is 5. The SMILES string of the molecule is COC(=O)c1ccc2c(C3CCCCC3)c3n(c2c1)CC(O)Cc1ccsc1-3. The van der Waals surface area contributed by atoms with Crippen LogP contribution in [0.25, 0.3) is 21.5 Å². The van der Waals surface area contributed by atoms with Gasteiger partial charge in [-0.3, -0.25) is 0 Å². The molecule has 1 aliphatic carbocycles. The molecule has 1 N–H and O–H groups in total. The lowest BCUT2D eigenvalue weighted by Crippen LogP contribution is -2.16. The van der Waals surface area contributed by atoms with Gasteiger partial charge in [-0.05, 0) is 53.5 Å². The van der Waals surface area contributed by atoms with Gasteiger partial charge in [-0.1, -0.05) is 25.3 Å². The van der Waals surface area contributed by atoms with Crippen LogP contribution in [0.2, 0.25) is 0 Å². The maximum absolute atomic E-state index is 12.1. The molecular weight excluding hydrogens is 370 g/mol. The van der Waals surface area contributed by atoms with E-state index in [0.29, 0.717) is 24.4 Å². The topological polar surface area (TPSA) is 51.5 Å². The minimum absolute atomic E-state index is 0.317. The lowest BCUT2D eigenvalue weighted by molar-refractivity contribution is 0.0601. The number of aliphatic hydroxyl groups excluding tert-OH is 1. The smallest absolute Gasteiger partial charge is 0.337 e. The fourth-order valence-corrected chi connectivity index (χ4v) is 6.10. The number of carbonyl (C=O) groups is 1. The number of hydrogen-bond acceptors (Lipinski definition) is 4. The Morgan fingerprint density at radius 2 is 2.04 bits per heavy atom. The largest absolute Gasteiger partial charge is 0.465 e. The van der Waals surface area contributed by atoms with Gasteiger partial charge in [-0.25, -0.2) is 4.79 Å². The summed E-state index contributed by atoms with van der Waals surface area (Å²) in [6, 6.07) is 8.07. The molecule has 0 spiro atoms. The van der Waals surface area contributed by atoms with E-state index < -0.39 is 6.10 Å². The molecule has 0 amide bonds. The highest BCUT2D eigenvalue weighted by Gasteiger charge is 2.31. The van der Waals surface area contributed by atoms with Gasteiger partial charge in [0.2, 0.25) is 0 Å². The Balaban J connectivity index is 1.81. The Hall–Kier alpha value is -2.11. The summed E-state index contributed by atoms with van der Waals surface area (Å²) < 4.78 is 7.21. The van der Waals surface area contributed by atoms with E-state index in [2.05, 4.69) is 22.1 Å². The molecule has 0 saturated heterocycles. The lowest BCUT2D eigenvalue weighted by Gasteiger charge is -2.23. The summed E-state index contributed by atoms with van der Waals surface area (Å²) in [5.41, 5.74) is 5.54. The van der Waals surface area contributed by atoms with Crippen LogP contribution in [0, 0.1) is 0 Å². The van der Waals surface area contributed by atoms with Crippen LogP contribution in [0.15, 0.2) is 29.6 Å². The molecule has 1 saturated carbocycles. The van der Waals surface area contributed by atoms with Crippen molar-refractivity contribution in [2.75, 3.05) is 7.11 Å². The Kier molecular flexibility index (Phi) is 4.52. The summed E-state index contributed by atoms with van der Waals surface area (Å²) >= 11 is 1.77. The molecule has 3 aromatic rings. The monoisotopic (exact) mass is 395 g/mol. The van der Waals surface area contributed by atoms with E-state index in [0.717, 1.165) is 5.52 Å². The second-order valence-electron chi connectivity index (χ2n) is 8.06. The van der Waals surface area contributed by atoms with Gasteiger partial charge < -0.3 is 14.4 Å². The predicted molar refractivity (Wildman–Crippen MR) is 112 cm³/mol. The van der Waals surface area contributed by atoms with Crippen molar-refractivity contribution in [1.29, 1.82) is 0 Å². The molecule has 1 aliphatic heterocycles. The summed E-state index contributed by atoms with van der Waals surface area (Å²) in [7, 11) is 1.42. The number of esters is 1. The lowest BCUT2D eigenvalue weighted by atomic mass is 9.82. The first kappa shape index (κ1) is 18.0. The first-order chi connectivity index (χ1) is 13.7. The normalized spacial score (nSPS) is 19.9. The van der Waals surface area contributed by atoms with Gasteiger partial charge in [-0.2, -0.15) is 0 Å². The van der Waals surface area contributed by atoms with Crippen molar-refractivity contribution in [3.8, 4) is 10.6 Å². The fraction of sp³-hybridized carbons (Fsp3) is 0.435. The van der Waals surface area contributed by atoms with E-state index in [1.165, 1.54) is 66.3 Å². The number of benzene rings is 1. The molecule has 0 radical (unpaired) electrons. The number of thiophene rings is 1. The molecule has 28 heavy (non-hydrogen) atoms. The van der Waals surface area contributed by atoms with Crippen molar-refractivity contribution in [2.45, 2.75) is 57.1 Å². The van der Waals surface area contributed by atoms with Gasteiger partial charge in [0.05, 0.1) is 29.3 Å². The van der Waals surface area contributed by atoms with Crippen molar-refractivity contribution in [2.24, 2.45) is 0 Å². The van der Waals surface area contributed by atoms with Crippen LogP contribution < -0.4 is 0 Å². The Morgan fingerprint density at radius 3 is 2.82 bits per heavy atom. The number of carbonyl (C=O) groups excluding carboxylic acids is 1. The molecule has 146 valence electrons. The Bertz CT molecular complexity index is 1040. The molecule has 2 aliphatic rings. The molecule has 3 heterocycles. The minimum Gasteiger partial charge on any atom is -0.465 e. The summed E-state index contributed by atoms with van der Waals surface area (Å²) in [6.07, 6.45) is 6.56. The summed E-state index contributed by atoms with van der Waals surface area (Å²) in [4.78, 5) is 13.4. The van der Waals surface area contributed by atoms with Crippen molar-refractivity contribution >= 4 is 28.2 Å². The third kappa shape index (κ3) is 2.80. The molecule has 1 aromatic carbocycles. The molecule has 4 nitrogen and oxygen atoms in total. The highest BCUT2D eigenvalue weighted by Crippen LogP contribution is 2.47. The van der Waals surface area contributed by atoms with E-state index in [1.807, 2.05) is 12.1 Å². The molecule has 1 atom stereocenters. The first-order valence-corrected chi connectivity index (χ1v) is 11.0. The van der Waals surface area contributed by atoms with Gasteiger partial charge in [0.1, 0.15) is 0 Å². The van der Waals surface area contributed by atoms with Crippen LogP contribution in [0.1, 0.15) is 59.5 Å². The molecular formula is C23H25NO3S. The summed E-state index contributed by atoms with van der Waals surface area (Å²) in [5, 5.41) is 14.1. The first-order valence-electron chi connectivity index (χ1n) is 10.2. The average Bonchev–Trinajstić information content (AvgIpc) is 3.26. The highest BCUT2D eigenvalue weighted by molar-refractivity contribution is 7.13. The average molecular weight is 396 g/mol. The quantitative estimate of drug-likeness (QED) is 0.613. The van der Waals surface area contributed by atoms with Crippen LogP contribution in [-0.2, 0) is 17.7 Å². The Morgan fingerprint density at radius 1 is 1.21 bits per heavy atom. The third-order valence-corrected chi connectivity index (χ3v) is 7.31. The number of nitrogens with zero attached hydrogens (tertiary/aromatic N) is 1. The maximum atomic E-state index is 12.1. The number of hydrogen-bond donors (Lipinski definition) is 1. The van der Waals surface area contributed by atoms with Gasteiger partial charge >= 0.3 is 5.97 Å². The van der Waals surface area contributed by atoms with E-state index in [4.69, 9.17) is 4.74 Å². The molecule has 5 rings (SSSR count). The molecule has 0 bridgehead atoms. The molecule has 1 fully saturated rings. The second-order valence-corrected chi connectivity index (χ2v) is 8.98. The zero-order valence-corrected chi connectivity index (χ0v) is 16.9. The van der Waals surface area contributed by atoms with Crippen LogP contribution in [0.4, 0.5) is 0 Å². The van der Waals surface area contributed by atoms with E-state index in [1.54, 1.807) is 11.3 Å². The fourth-order valence-electron chi connectivity index (χ4n) is 5.09. The standard InChI is InChI=1S/C23H25NO3S/c1-27-23(26)16-7-8-18-19(12-16)24-13-17(25)11-15-9-10-28-22(15)21(24)20(18)14-5-3-2-4-6-14/h7-10,12,14,17,25H,2-6,11,13H2,1H3.